The minimum absolute atomic E-state index is 0.0627. The Morgan fingerprint density at radius 3 is 2.66 bits per heavy atom. The highest BCUT2D eigenvalue weighted by Crippen LogP contribution is 2.24. The Kier molecular flexibility index (Phi) is 7.98. The number of morpholine rings is 1. The van der Waals surface area contributed by atoms with E-state index in [1.165, 1.54) is 0 Å². The molecule has 2 unspecified atom stereocenters. The number of hydrogen-bond acceptors (Lipinski definition) is 6. The van der Waals surface area contributed by atoms with Gasteiger partial charge in [0, 0.05) is 31.8 Å². The molecule has 2 aliphatic rings. The normalized spacial score (nSPS) is 20.0. The summed E-state index contributed by atoms with van der Waals surface area (Å²) in [6.07, 6.45) is 2.25. The Morgan fingerprint density at radius 2 is 1.94 bits per heavy atom. The summed E-state index contributed by atoms with van der Waals surface area (Å²) in [5.41, 5.74) is 1.73. The van der Waals surface area contributed by atoms with Gasteiger partial charge in [-0.3, -0.25) is 9.69 Å². The van der Waals surface area contributed by atoms with Crippen LogP contribution in [0.2, 0.25) is 0 Å². The smallest absolute Gasteiger partial charge is 0.251 e. The van der Waals surface area contributed by atoms with Crippen molar-refractivity contribution < 1.29 is 23.7 Å². The number of amides is 1. The third-order valence-electron chi connectivity index (χ3n) is 6.00. The number of carbonyl (C=O) groups excluding carboxylic acids is 1. The van der Waals surface area contributed by atoms with Gasteiger partial charge < -0.3 is 24.3 Å². The highest BCUT2D eigenvalue weighted by molar-refractivity contribution is 5.94. The molecule has 1 amide bonds. The van der Waals surface area contributed by atoms with Crippen molar-refractivity contribution >= 4 is 5.91 Å². The first kappa shape index (κ1) is 22.6. The average molecular weight is 441 g/mol. The monoisotopic (exact) mass is 440 g/mol. The van der Waals surface area contributed by atoms with E-state index in [9.17, 15) is 4.79 Å². The maximum atomic E-state index is 12.9. The molecule has 0 radical (unpaired) electrons. The standard InChI is InChI=1S/C25H32N2O5/c1-29-21-9-7-19(8-10-21)24(27-11-14-30-15-12-27)17-26-25(28)20-4-2-5-22(16-20)32-18-23-6-3-13-31-23/h2,4-5,7-10,16,23-24H,3,6,11-15,17-18H2,1H3,(H,26,28). The number of carbonyl (C=O) groups is 1. The van der Waals surface area contributed by atoms with Crippen molar-refractivity contribution in [1.82, 2.24) is 10.2 Å². The number of hydrogen-bond donors (Lipinski definition) is 1. The molecule has 0 bridgehead atoms. The van der Waals surface area contributed by atoms with Gasteiger partial charge in [0.15, 0.2) is 0 Å². The molecule has 0 spiro atoms. The van der Waals surface area contributed by atoms with Crippen molar-refractivity contribution in [3.63, 3.8) is 0 Å². The Balaban J connectivity index is 1.39. The van der Waals surface area contributed by atoms with Crippen LogP contribution in [0, 0.1) is 0 Å². The fraction of sp³-hybridized carbons (Fsp3) is 0.480. The SMILES string of the molecule is COc1ccc(C(CNC(=O)c2cccc(OCC3CCCO3)c2)N2CCOCC2)cc1. The van der Waals surface area contributed by atoms with Crippen LogP contribution >= 0.6 is 0 Å². The van der Waals surface area contributed by atoms with E-state index in [-0.39, 0.29) is 18.1 Å². The lowest BCUT2D eigenvalue weighted by molar-refractivity contribution is 0.0162. The summed E-state index contributed by atoms with van der Waals surface area (Å²) in [5, 5.41) is 3.11. The first-order valence-electron chi connectivity index (χ1n) is 11.3. The zero-order valence-corrected chi connectivity index (χ0v) is 18.6. The molecule has 2 aromatic carbocycles. The summed E-state index contributed by atoms with van der Waals surface area (Å²) in [6, 6.07) is 15.4. The summed E-state index contributed by atoms with van der Waals surface area (Å²) in [6.45, 7) is 4.89. The number of benzene rings is 2. The van der Waals surface area contributed by atoms with Crippen molar-refractivity contribution in [3.05, 3.63) is 59.7 Å². The van der Waals surface area contributed by atoms with Crippen molar-refractivity contribution in [2.75, 3.05) is 53.2 Å². The maximum absolute atomic E-state index is 12.9. The zero-order chi connectivity index (χ0) is 22.2. The molecule has 2 aliphatic heterocycles. The number of nitrogens with zero attached hydrogens (tertiary/aromatic N) is 1. The topological polar surface area (TPSA) is 69.3 Å². The molecule has 7 heteroatoms. The van der Waals surface area contributed by atoms with Gasteiger partial charge in [0.25, 0.3) is 5.91 Å². The molecule has 172 valence electrons. The number of ether oxygens (including phenoxy) is 4. The second kappa shape index (κ2) is 11.3. The van der Waals surface area contributed by atoms with Crippen LogP contribution in [0.4, 0.5) is 0 Å². The quantitative estimate of drug-likeness (QED) is 0.646. The third kappa shape index (κ3) is 6.00. The summed E-state index contributed by atoms with van der Waals surface area (Å²) < 4.78 is 22.3. The molecule has 32 heavy (non-hydrogen) atoms. The van der Waals surface area contributed by atoms with Crippen LogP contribution in [-0.2, 0) is 9.47 Å². The fourth-order valence-corrected chi connectivity index (χ4v) is 4.16. The molecule has 2 heterocycles. The maximum Gasteiger partial charge on any atom is 0.251 e. The van der Waals surface area contributed by atoms with Gasteiger partial charge in [-0.25, -0.2) is 0 Å². The molecule has 4 rings (SSSR count). The molecular weight excluding hydrogens is 408 g/mol. The number of rotatable bonds is 9. The third-order valence-corrected chi connectivity index (χ3v) is 6.00. The van der Waals surface area contributed by atoms with E-state index in [4.69, 9.17) is 18.9 Å². The Bertz CT molecular complexity index is 861. The van der Waals surface area contributed by atoms with Crippen molar-refractivity contribution in [1.29, 1.82) is 0 Å². The molecule has 2 atom stereocenters. The predicted molar refractivity (Wildman–Crippen MR) is 121 cm³/mol. The van der Waals surface area contributed by atoms with Gasteiger partial charge in [0.2, 0.25) is 0 Å². The van der Waals surface area contributed by atoms with E-state index in [0.29, 0.717) is 37.7 Å². The lowest BCUT2D eigenvalue weighted by Gasteiger charge is -2.35. The molecule has 2 fully saturated rings. The van der Waals surface area contributed by atoms with E-state index in [0.717, 1.165) is 43.9 Å². The minimum Gasteiger partial charge on any atom is -0.497 e. The summed E-state index contributed by atoms with van der Waals surface area (Å²) >= 11 is 0. The van der Waals surface area contributed by atoms with Crippen LogP contribution in [0.1, 0.15) is 34.8 Å². The molecular formula is C25H32N2O5. The van der Waals surface area contributed by atoms with E-state index in [1.54, 1.807) is 13.2 Å². The number of methoxy groups -OCH3 is 1. The van der Waals surface area contributed by atoms with E-state index in [1.807, 2.05) is 30.3 Å². The highest BCUT2D eigenvalue weighted by Gasteiger charge is 2.24. The first-order chi connectivity index (χ1) is 15.7. The van der Waals surface area contributed by atoms with Crippen LogP contribution in [-0.4, -0.2) is 70.1 Å². The Hall–Kier alpha value is -2.61. The highest BCUT2D eigenvalue weighted by atomic mass is 16.5. The van der Waals surface area contributed by atoms with Crippen LogP contribution < -0.4 is 14.8 Å². The Morgan fingerprint density at radius 1 is 1.12 bits per heavy atom. The minimum atomic E-state index is -0.112. The van der Waals surface area contributed by atoms with Gasteiger partial charge in [0.1, 0.15) is 18.1 Å². The van der Waals surface area contributed by atoms with Gasteiger partial charge in [-0.2, -0.15) is 0 Å². The van der Waals surface area contributed by atoms with E-state index in [2.05, 4.69) is 22.3 Å². The van der Waals surface area contributed by atoms with Crippen molar-refractivity contribution in [2.45, 2.75) is 25.0 Å². The zero-order valence-electron chi connectivity index (χ0n) is 18.6. The van der Waals surface area contributed by atoms with Gasteiger partial charge >= 0.3 is 0 Å². The van der Waals surface area contributed by atoms with Crippen LogP contribution in [0.5, 0.6) is 11.5 Å². The molecule has 2 aromatic rings. The van der Waals surface area contributed by atoms with Crippen molar-refractivity contribution in [2.24, 2.45) is 0 Å². The van der Waals surface area contributed by atoms with Crippen LogP contribution in [0.15, 0.2) is 48.5 Å². The van der Waals surface area contributed by atoms with E-state index >= 15 is 0 Å². The summed E-state index contributed by atoms with van der Waals surface area (Å²) in [7, 11) is 1.66. The summed E-state index contributed by atoms with van der Waals surface area (Å²) in [5.74, 6) is 1.39. The molecule has 7 nitrogen and oxygen atoms in total. The second-order valence-electron chi connectivity index (χ2n) is 8.12. The van der Waals surface area contributed by atoms with Crippen LogP contribution in [0.3, 0.4) is 0 Å². The lowest BCUT2D eigenvalue weighted by atomic mass is 10.0. The molecule has 0 aromatic heterocycles. The number of nitrogens with one attached hydrogen (secondary N) is 1. The first-order valence-corrected chi connectivity index (χ1v) is 11.3. The van der Waals surface area contributed by atoms with Gasteiger partial charge in [-0.05, 0) is 48.7 Å². The molecule has 2 saturated heterocycles. The van der Waals surface area contributed by atoms with Crippen LogP contribution in [0.25, 0.3) is 0 Å². The molecule has 0 saturated carbocycles. The molecule has 0 aliphatic carbocycles. The summed E-state index contributed by atoms with van der Waals surface area (Å²) in [4.78, 5) is 15.3. The second-order valence-corrected chi connectivity index (χ2v) is 8.12. The average Bonchev–Trinajstić information content (AvgIpc) is 3.38. The Labute approximate surface area is 189 Å². The fourth-order valence-electron chi connectivity index (χ4n) is 4.16. The van der Waals surface area contributed by atoms with Gasteiger partial charge in [0.05, 0.1) is 32.5 Å². The van der Waals surface area contributed by atoms with Gasteiger partial charge in [-0.15, -0.1) is 0 Å². The van der Waals surface area contributed by atoms with E-state index < -0.39 is 0 Å². The lowest BCUT2D eigenvalue weighted by Crippen LogP contribution is -2.43. The van der Waals surface area contributed by atoms with Gasteiger partial charge in [-0.1, -0.05) is 18.2 Å². The molecule has 1 N–H and O–H groups in total. The largest absolute Gasteiger partial charge is 0.497 e. The van der Waals surface area contributed by atoms with Crippen molar-refractivity contribution in [3.8, 4) is 11.5 Å². The predicted octanol–water partition coefficient (Wildman–Crippen LogP) is 3.06.